The first-order chi connectivity index (χ1) is 48.3. The molecule has 100 heavy (non-hydrogen) atoms. The van der Waals surface area contributed by atoms with Crippen LogP contribution in [-0.2, 0) is 116 Å². The van der Waals surface area contributed by atoms with E-state index in [1.165, 1.54) is 24.3 Å². The average molecular weight is 1420 g/mol. The fourth-order valence-electron chi connectivity index (χ4n) is 12.0. The van der Waals surface area contributed by atoms with Gasteiger partial charge in [0.25, 0.3) is 0 Å². The number of ether oxygens (including phenoxy) is 11. The number of rotatable bonds is 32. The maximum atomic E-state index is 15.2. The molecule has 3 N–H and O–H groups in total. The Morgan fingerprint density at radius 2 is 0.740 bits per heavy atom. The van der Waals surface area contributed by atoms with Gasteiger partial charge < -0.3 is 61.6 Å². The molecular weight excluding hydrogens is 1330 g/mol. The molecule has 3 fully saturated rings. The number of hydrogen-bond donors (Lipinski definition) is 3. The first-order valence-corrected chi connectivity index (χ1v) is 39.8. The van der Waals surface area contributed by atoms with E-state index in [0.29, 0.717) is 0 Å². The summed E-state index contributed by atoms with van der Waals surface area (Å²) in [4.78, 5) is -0.150. The third-order valence-corrected chi connectivity index (χ3v) is 25.9. The van der Waals surface area contributed by atoms with Gasteiger partial charge in [-0.3, -0.25) is 0 Å². The summed E-state index contributed by atoms with van der Waals surface area (Å²) >= 11 is 0. The van der Waals surface area contributed by atoms with Crippen molar-refractivity contribution in [2.24, 2.45) is 0 Å². The Morgan fingerprint density at radius 1 is 0.390 bits per heavy atom. The van der Waals surface area contributed by atoms with Crippen molar-refractivity contribution in [2.75, 3.05) is 13.2 Å². The second kappa shape index (κ2) is 35.0. The van der Waals surface area contributed by atoms with Gasteiger partial charge in [0.1, 0.15) is 67.0 Å². The number of sulfonamides is 2. The maximum Gasteiger partial charge on any atom is 0.241 e. The Labute approximate surface area is 589 Å². The van der Waals surface area contributed by atoms with Crippen LogP contribution in [0.25, 0.3) is 0 Å². The summed E-state index contributed by atoms with van der Waals surface area (Å²) in [7, 11) is -12.0. The summed E-state index contributed by atoms with van der Waals surface area (Å²) in [5.41, 5.74) is 5.00. The van der Waals surface area contributed by atoms with E-state index in [-0.39, 0.29) is 56.0 Å². The van der Waals surface area contributed by atoms with Crippen LogP contribution < -0.4 is 9.44 Å². The van der Waals surface area contributed by atoms with Gasteiger partial charge in [0.15, 0.2) is 27.2 Å². The first-order valence-electron chi connectivity index (χ1n) is 33.9. The van der Waals surface area contributed by atoms with Gasteiger partial charge in [0.2, 0.25) is 20.0 Å². The van der Waals surface area contributed by atoms with E-state index in [0.717, 1.165) is 33.4 Å². The number of benzene rings is 8. The standard InChI is InChI=1S/C78H92N2O17S2Si/c1-55-69(87-48-57-33-17-8-18-34-57)73(90-51-60-39-23-11-24-40-60)74(91-52-61-41-25-12-26-42-61)77(93-55)92-54-65-70(72(89-50-59-37-21-10-22-38-59)67(76(95-65)97-100(5,6)78(2,3)4)80-99(84,85)63-45-29-14-30-46-63)96-75-66(79-98(82,83)62-43-27-13-28-44-62)71(88-49-58-35-19-9-20-36-58)68(81)64(94-75)53-86-47-56-31-15-7-16-32-56/h7-46,55,64-77,79-81H,47-54H2,1-6H3/t55-,64?,65?,66?,67?,68+,69+,70+,71-,72-,73?,74?,75-,76+,77+/m0/s1. The molecule has 19 nitrogen and oxygen atoms in total. The lowest BCUT2D eigenvalue weighted by molar-refractivity contribution is -0.349. The summed E-state index contributed by atoms with van der Waals surface area (Å²) < 4.78 is 151. The van der Waals surface area contributed by atoms with Crippen LogP contribution in [0.4, 0.5) is 0 Å². The predicted octanol–water partition coefficient (Wildman–Crippen LogP) is 11.8. The molecule has 0 bridgehead atoms. The molecule has 3 heterocycles. The van der Waals surface area contributed by atoms with Gasteiger partial charge >= 0.3 is 0 Å². The SMILES string of the molecule is C[C@@H]1O[C@@H](OCC2O[C@H](O[Si](C)(C)C(C)(C)C)C(NS(=O)(=O)c3ccccc3)[C@H](OCc3ccccc3)[C@@H]2O[C@@H]2OC(COCc3ccccc3)[C@@H](O)[C@@H](OCc3ccccc3)C2NS(=O)(=O)c2ccccc2)C(OCc2ccccc2)C(OCc2ccccc2)[C@@H]1OCc1ccccc1. The minimum atomic E-state index is -4.52. The van der Waals surface area contributed by atoms with Crippen molar-refractivity contribution in [3.05, 3.63) is 276 Å². The largest absolute Gasteiger partial charge is 0.391 e. The Morgan fingerprint density at radius 3 is 1.16 bits per heavy atom. The quantitative estimate of drug-likeness (QED) is 0.0333. The summed E-state index contributed by atoms with van der Waals surface area (Å²) in [6.07, 6.45) is -16.1. The topological polar surface area (TPSA) is 223 Å². The van der Waals surface area contributed by atoms with Gasteiger partial charge in [0.05, 0.1) is 68.7 Å². The van der Waals surface area contributed by atoms with Crippen molar-refractivity contribution >= 4 is 28.4 Å². The van der Waals surface area contributed by atoms with E-state index < -0.39 is 132 Å². The Bertz CT molecular complexity index is 3960. The van der Waals surface area contributed by atoms with E-state index >= 15 is 16.8 Å². The van der Waals surface area contributed by atoms with Crippen molar-refractivity contribution in [1.82, 2.24) is 9.44 Å². The van der Waals surface area contributed by atoms with Crippen LogP contribution in [0.5, 0.6) is 0 Å². The van der Waals surface area contributed by atoms with Crippen LogP contribution in [0, 0.1) is 0 Å². The molecule has 15 atom stereocenters. The second-order valence-electron chi connectivity index (χ2n) is 26.8. The highest BCUT2D eigenvalue weighted by Crippen LogP contribution is 2.42. The Kier molecular flexibility index (Phi) is 26.0. The van der Waals surface area contributed by atoms with Crippen molar-refractivity contribution in [2.45, 2.75) is 187 Å². The summed E-state index contributed by atoms with van der Waals surface area (Å²) in [5, 5.41) is 12.3. The lowest BCUT2D eigenvalue weighted by Crippen LogP contribution is -2.71. The minimum absolute atomic E-state index is 0.0530. The van der Waals surface area contributed by atoms with Gasteiger partial charge in [-0.2, -0.15) is 0 Å². The number of aliphatic hydroxyl groups is 1. The minimum Gasteiger partial charge on any atom is -0.391 e. The zero-order valence-corrected chi connectivity index (χ0v) is 59.8. The van der Waals surface area contributed by atoms with E-state index in [2.05, 4.69) is 30.2 Å². The summed E-state index contributed by atoms with van der Waals surface area (Å²) in [5.74, 6) is 0. The van der Waals surface area contributed by atoms with E-state index in [4.69, 9.17) is 56.5 Å². The monoisotopic (exact) mass is 1420 g/mol. The molecule has 0 aliphatic carbocycles. The first kappa shape index (κ1) is 74.5. The molecule has 532 valence electrons. The van der Waals surface area contributed by atoms with Crippen molar-refractivity contribution < 1.29 is 78.5 Å². The summed E-state index contributed by atoms with van der Waals surface area (Å²) in [6, 6.07) is 70.1. The molecule has 3 aliphatic heterocycles. The van der Waals surface area contributed by atoms with E-state index in [1.54, 1.807) is 36.4 Å². The third-order valence-electron chi connectivity index (χ3n) is 18.5. The number of aliphatic hydroxyl groups excluding tert-OH is 1. The zero-order chi connectivity index (χ0) is 70.1. The van der Waals surface area contributed by atoms with Crippen LogP contribution in [0.2, 0.25) is 18.1 Å². The highest BCUT2D eigenvalue weighted by atomic mass is 32.2. The highest BCUT2D eigenvalue weighted by molar-refractivity contribution is 7.89. The molecule has 0 saturated carbocycles. The highest BCUT2D eigenvalue weighted by Gasteiger charge is 2.57. The van der Waals surface area contributed by atoms with Crippen molar-refractivity contribution in [1.29, 1.82) is 0 Å². The molecule has 0 spiro atoms. The Balaban J connectivity index is 1.05. The van der Waals surface area contributed by atoms with Gasteiger partial charge in [-0.1, -0.05) is 239 Å². The van der Waals surface area contributed by atoms with Crippen molar-refractivity contribution in [3.8, 4) is 0 Å². The van der Waals surface area contributed by atoms with Gasteiger partial charge in [0, 0.05) is 0 Å². The molecule has 8 aromatic rings. The molecule has 3 aliphatic rings. The van der Waals surface area contributed by atoms with Crippen molar-refractivity contribution in [3.63, 3.8) is 0 Å². The molecule has 3 saturated heterocycles. The van der Waals surface area contributed by atoms with Gasteiger partial charge in [-0.15, -0.1) is 0 Å². The fraction of sp³-hybridized carbons (Fsp3) is 0.385. The molecule has 11 rings (SSSR count). The zero-order valence-electron chi connectivity index (χ0n) is 57.2. The van der Waals surface area contributed by atoms with Crippen LogP contribution in [0.1, 0.15) is 61.1 Å². The van der Waals surface area contributed by atoms with Crippen LogP contribution in [-0.4, -0.2) is 135 Å². The van der Waals surface area contributed by atoms with Crippen LogP contribution >= 0.6 is 0 Å². The van der Waals surface area contributed by atoms with E-state index in [9.17, 15) is 5.11 Å². The smallest absolute Gasteiger partial charge is 0.241 e. The average Bonchev–Trinajstić information content (AvgIpc) is 0.756. The molecule has 0 radical (unpaired) electrons. The molecular formula is C78H92N2O17S2Si. The number of nitrogens with one attached hydrogen (secondary N) is 2. The van der Waals surface area contributed by atoms with Gasteiger partial charge in [-0.25, -0.2) is 26.3 Å². The molecule has 0 amide bonds. The number of hydrogen-bond acceptors (Lipinski definition) is 17. The maximum absolute atomic E-state index is 15.2. The fourth-order valence-corrected chi connectivity index (χ4v) is 15.7. The second-order valence-corrected chi connectivity index (χ2v) is 35.0. The van der Waals surface area contributed by atoms with Crippen LogP contribution in [0.15, 0.2) is 252 Å². The van der Waals surface area contributed by atoms with Gasteiger partial charge in [-0.05, 0) is 82.7 Å². The Hall–Kier alpha value is -6.72. The molecule has 6 unspecified atom stereocenters. The third kappa shape index (κ3) is 19.9. The molecule has 0 aromatic heterocycles. The predicted molar refractivity (Wildman–Crippen MR) is 379 cm³/mol. The summed E-state index contributed by atoms with van der Waals surface area (Å²) in [6.45, 7) is 12.0. The normalized spacial score (nSPS) is 26.1. The lowest BCUT2D eigenvalue weighted by atomic mass is 9.94. The van der Waals surface area contributed by atoms with Crippen LogP contribution in [0.3, 0.4) is 0 Å². The molecule has 8 aromatic carbocycles. The molecule has 22 heteroatoms. The lowest BCUT2D eigenvalue weighted by Gasteiger charge is -2.52. The van der Waals surface area contributed by atoms with E-state index in [1.807, 2.05) is 202 Å².